The topological polar surface area (TPSA) is 103 Å². The summed E-state index contributed by atoms with van der Waals surface area (Å²) in [5.41, 5.74) is 4.51. The first kappa shape index (κ1) is 26.7. The minimum absolute atomic E-state index is 0.0728. The number of carbonyl (C=O) groups is 3. The number of carbonyl (C=O) groups excluding carboxylic acids is 3. The molecule has 0 saturated heterocycles. The number of ether oxygens (including phenoxy) is 3. The number of alkyl carbamates (subject to hydrolysis) is 1. The predicted molar refractivity (Wildman–Crippen MR) is 139 cm³/mol. The van der Waals surface area contributed by atoms with Crippen molar-refractivity contribution in [2.24, 2.45) is 5.92 Å². The van der Waals surface area contributed by atoms with E-state index in [-0.39, 0.29) is 30.5 Å². The second-order valence-corrected chi connectivity index (χ2v) is 9.70. The van der Waals surface area contributed by atoms with E-state index in [9.17, 15) is 14.4 Å². The molecule has 2 aromatic carbocycles. The van der Waals surface area contributed by atoms with Gasteiger partial charge in [-0.3, -0.25) is 4.79 Å². The maximum absolute atomic E-state index is 12.9. The fraction of sp³-hybridized carbons (Fsp3) is 0.483. The number of hydrogen-bond acceptors (Lipinski definition) is 6. The van der Waals surface area contributed by atoms with Crippen LogP contribution in [-0.4, -0.2) is 56.5 Å². The van der Waals surface area contributed by atoms with Crippen LogP contribution in [0.25, 0.3) is 11.1 Å². The van der Waals surface area contributed by atoms with Crippen molar-refractivity contribution in [1.29, 1.82) is 0 Å². The second-order valence-electron chi connectivity index (χ2n) is 9.70. The summed E-state index contributed by atoms with van der Waals surface area (Å²) in [6.07, 6.45) is 2.52. The molecule has 37 heavy (non-hydrogen) atoms. The van der Waals surface area contributed by atoms with Crippen LogP contribution in [0.4, 0.5) is 4.79 Å². The summed E-state index contributed by atoms with van der Waals surface area (Å²) in [6.45, 7) is 4.43. The summed E-state index contributed by atoms with van der Waals surface area (Å²) < 4.78 is 16.2. The molecule has 2 aliphatic carbocycles. The standard InChI is InChI=1S/C29H36N2O6/c1-4-36-20-15-13-19(14-16-20)27(32)31-26(28(33)35-3)18(2)30-29(34)37-17-25-23-11-7-5-9-21(23)22-10-6-8-12-24(22)25/h5-12,18-20,25-26H,4,13-17H2,1-3H3,(H,30,34)(H,31,32)/t18-,19-,20+,26+/m1/s1. The zero-order chi connectivity index (χ0) is 26.4. The number of esters is 1. The Hall–Kier alpha value is -3.39. The maximum Gasteiger partial charge on any atom is 0.407 e. The van der Waals surface area contributed by atoms with Crippen LogP contribution in [0.2, 0.25) is 0 Å². The number of nitrogens with one attached hydrogen (secondary N) is 2. The molecule has 0 radical (unpaired) electrons. The third-order valence-corrected chi connectivity index (χ3v) is 7.39. The van der Waals surface area contributed by atoms with Gasteiger partial charge in [0.05, 0.1) is 19.3 Å². The summed E-state index contributed by atoms with van der Waals surface area (Å²) in [5.74, 6) is -1.11. The summed E-state index contributed by atoms with van der Waals surface area (Å²) in [5, 5.41) is 5.49. The summed E-state index contributed by atoms with van der Waals surface area (Å²) in [7, 11) is 1.26. The number of rotatable bonds is 9. The summed E-state index contributed by atoms with van der Waals surface area (Å²) in [4.78, 5) is 38.1. The van der Waals surface area contributed by atoms with E-state index in [2.05, 4.69) is 34.9 Å². The van der Waals surface area contributed by atoms with Crippen LogP contribution in [0, 0.1) is 5.92 Å². The van der Waals surface area contributed by atoms with Crippen molar-refractivity contribution in [1.82, 2.24) is 10.6 Å². The lowest BCUT2D eigenvalue weighted by Gasteiger charge is -2.30. The lowest BCUT2D eigenvalue weighted by atomic mass is 9.86. The summed E-state index contributed by atoms with van der Waals surface area (Å²) >= 11 is 0. The van der Waals surface area contributed by atoms with E-state index >= 15 is 0 Å². The van der Waals surface area contributed by atoms with Gasteiger partial charge >= 0.3 is 12.1 Å². The normalized spacial score (nSPS) is 20.2. The number of amides is 2. The van der Waals surface area contributed by atoms with Crippen LogP contribution in [0.5, 0.6) is 0 Å². The third kappa shape index (κ3) is 6.13. The van der Waals surface area contributed by atoms with Gasteiger partial charge in [0.2, 0.25) is 5.91 Å². The van der Waals surface area contributed by atoms with E-state index in [1.807, 2.05) is 31.2 Å². The first-order chi connectivity index (χ1) is 17.9. The van der Waals surface area contributed by atoms with Gasteiger partial charge < -0.3 is 24.8 Å². The van der Waals surface area contributed by atoms with E-state index in [0.29, 0.717) is 19.4 Å². The smallest absolute Gasteiger partial charge is 0.407 e. The van der Waals surface area contributed by atoms with Crippen molar-refractivity contribution in [2.75, 3.05) is 20.3 Å². The fourth-order valence-corrected chi connectivity index (χ4v) is 5.42. The molecular weight excluding hydrogens is 472 g/mol. The highest BCUT2D eigenvalue weighted by Gasteiger charge is 2.34. The van der Waals surface area contributed by atoms with Gasteiger partial charge in [0.25, 0.3) is 0 Å². The Kier molecular flexibility index (Phi) is 8.82. The molecule has 198 valence electrons. The molecule has 2 N–H and O–H groups in total. The van der Waals surface area contributed by atoms with E-state index < -0.39 is 24.1 Å². The number of benzene rings is 2. The van der Waals surface area contributed by atoms with Gasteiger partial charge in [-0.25, -0.2) is 9.59 Å². The zero-order valence-electron chi connectivity index (χ0n) is 21.7. The Bertz CT molecular complexity index is 1070. The highest BCUT2D eigenvalue weighted by atomic mass is 16.5. The fourth-order valence-electron chi connectivity index (χ4n) is 5.42. The van der Waals surface area contributed by atoms with Crippen molar-refractivity contribution in [3.05, 3.63) is 59.7 Å². The van der Waals surface area contributed by atoms with Crippen molar-refractivity contribution in [2.45, 2.75) is 63.6 Å². The van der Waals surface area contributed by atoms with E-state index in [0.717, 1.165) is 35.1 Å². The number of methoxy groups -OCH3 is 1. The molecule has 2 amide bonds. The molecule has 0 aromatic heterocycles. The molecule has 0 aliphatic heterocycles. The first-order valence-corrected chi connectivity index (χ1v) is 13.0. The third-order valence-electron chi connectivity index (χ3n) is 7.39. The molecule has 2 aromatic rings. The minimum atomic E-state index is -1.03. The van der Waals surface area contributed by atoms with Gasteiger partial charge in [0.1, 0.15) is 12.6 Å². The second kappa shape index (κ2) is 12.2. The molecule has 0 spiro atoms. The lowest BCUT2D eigenvalue weighted by Crippen LogP contribution is -2.56. The van der Waals surface area contributed by atoms with Gasteiger partial charge in [0.15, 0.2) is 0 Å². The Labute approximate surface area is 218 Å². The average molecular weight is 509 g/mol. The Balaban J connectivity index is 1.34. The number of fused-ring (bicyclic) bond motifs is 3. The van der Waals surface area contributed by atoms with Crippen LogP contribution in [0.3, 0.4) is 0 Å². The lowest BCUT2D eigenvalue weighted by molar-refractivity contribution is -0.146. The highest BCUT2D eigenvalue weighted by Crippen LogP contribution is 2.44. The molecule has 8 nitrogen and oxygen atoms in total. The number of hydrogen-bond donors (Lipinski definition) is 2. The largest absolute Gasteiger partial charge is 0.467 e. The van der Waals surface area contributed by atoms with E-state index in [1.165, 1.54) is 7.11 Å². The van der Waals surface area contributed by atoms with Crippen LogP contribution in [-0.2, 0) is 23.8 Å². The van der Waals surface area contributed by atoms with E-state index in [4.69, 9.17) is 14.2 Å². The SMILES string of the molecule is CCO[C@H]1CC[C@@H](C(=O)N[C@H](C(=O)OC)[C@@H](C)NC(=O)OCC2c3ccccc3-c3ccccc32)CC1. The van der Waals surface area contributed by atoms with Crippen molar-refractivity contribution in [3.8, 4) is 11.1 Å². The first-order valence-electron chi connectivity index (χ1n) is 13.0. The minimum Gasteiger partial charge on any atom is -0.467 e. The van der Waals surface area contributed by atoms with Crippen LogP contribution < -0.4 is 10.6 Å². The Morgan fingerprint density at radius 2 is 1.51 bits per heavy atom. The van der Waals surface area contributed by atoms with Crippen molar-refractivity contribution < 1.29 is 28.6 Å². The molecule has 4 rings (SSSR count). The molecule has 0 heterocycles. The highest BCUT2D eigenvalue weighted by molar-refractivity contribution is 5.87. The van der Waals surface area contributed by atoms with Crippen molar-refractivity contribution >= 4 is 18.0 Å². The molecule has 0 unspecified atom stereocenters. The van der Waals surface area contributed by atoms with Crippen LogP contribution >= 0.6 is 0 Å². The van der Waals surface area contributed by atoms with Crippen LogP contribution in [0.15, 0.2) is 48.5 Å². The maximum atomic E-state index is 12.9. The average Bonchev–Trinajstić information content (AvgIpc) is 3.24. The van der Waals surface area contributed by atoms with Gasteiger partial charge in [-0.2, -0.15) is 0 Å². The summed E-state index contributed by atoms with van der Waals surface area (Å²) in [6, 6.07) is 14.4. The van der Waals surface area contributed by atoms with Gasteiger partial charge in [-0.1, -0.05) is 48.5 Å². The Morgan fingerprint density at radius 3 is 2.08 bits per heavy atom. The van der Waals surface area contributed by atoms with E-state index in [1.54, 1.807) is 6.92 Å². The predicted octanol–water partition coefficient (Wildman–Crippen LogP) is 4.17. The molecule has 1 saturated carbocycles. The Morgan fingerprint density at radius 1 is 0.919 bits per heavy atom. The molecule has 1 fully saturated rings. The van der Waals surface area contributed by atoms with Crippen LogP contribution in [0.1, 0.15) is 56.6 Å². The molecule has 0 bridgehead atoms. The quantitative estimate of drug-likeness (QED) is 0.493. The van der Waals surface area contributed by atoms with Gasteiger partial charge in [0, 0.05) is 18.4 Å². The molecule has 8 heteroatoms. The molecule has 2 atom stereocenters. The molecular formula is C29H36N2O6. The van der Waals surface area contributed by atoms with Crippen molar-refractivity contribution in [3.63, 3.8) is 0 Å². The van der Waals surface area contributed by atoms with Gasteiger partial charge in [-0.05, 0) is 61.8 Å². The zero-order valence-corrected chi connectivity index (χ0v) is 21.7. The monoisotopic (exact) mass is 508 g/mol. The van der Waals surface area contributed by atoms with Gasteiger partial charge in [-0.15, -0.1) is 0 Å². The molecule has 2 aliphatic rings.